The second-order valence-corrected chi connectivity index (χ2v) is 8.96. The lowest BCUT2D eigenvalue weighted by Gasteiger charge is -2.21. The van der Waals surface area contributed by atoms with Crippen LogP contribution in [0.15, 0.2) is 41.5 Å². The number of benzene rings is 1. The maximum absolute atomic E-state index is 13.6. The fourth-order valence-electron chi connectivity index (χ4n) is 5.15. The molecule has 0 N–H and O–H groups in total. The number of hydrogen-bond donors (Lipinski definition) is 0. The molecule has 31 heavy (non-hydrogen) atoms. The highest BCUT2D eigenvalue weighted by Crippen LogP contribution is 2.31. The summed E-state index contributed by atoms with van der Waals surface area (Å²) in [4.78, 5) is 18.7. The van der Waals surface area contributed by atoms with Crippen LogP contribution in [0.5, 0.6) is 5.75 Å². The fourth-order valence-corrected chi connectivity index (χ4v) is 5.15. The van der Waals surface area contributed by atoms with Crippen LogP contribution in [0.2, 0.25) is 0 Å². The van der Waals surface area contributed by atoms with E-state index >= 15 is 0 Å². The Morgan fingerprint density at radius 1 is 1.06 bits per heavy atom. The van der Waals surface area contributed by atoms with Gasteiger partial charge in [-0.3, -0.25) is 9.20 Å². The summed E-state index contributed by atoms with van der Waals surface area (Å²) >= 11 is 0. The van der Waals surface area contributed by atoms with E-state index in [1.54, 1.807) is 7.11 Å². The SMILES string of the molecule is COc1ccc(Cn2ccn3c(C4CCOCC4)nc(CC4CCCC4)c3c2=O)cc1. The van der Waals surface area contributed by atoms with Gasteiger partial charge in [0.05, 0.1) is 19.3 Å². The third-order valence-electron chi connectivity index (χ3n) is 6.92. The third-order valence-corrected chi connectivity index (χ3v) is 6.92. The molecular formula is C25H31N3O3. The van der Waals surface area contributed by atoms with Crippen molar-refractivity contribution in [3.8, 4) is 5.75 Å². The average molecular weight is 422 g/mol. The minimum Gasteiger partial charge on any atom is -0.497 e. The van der Waals surface area contributed by atoms with Crippen molar-refractivity contribution in [2.45, 2.75) is 57.4 Å². The monoisotopic (exact) mass is 421 g/mol. The molecule has 2 aliphatic rings. The number of ether oxygens (including phenoxy) is 2. The molecular weight excluding hydrogens is 390 g/mol. The van der Waals surface area contributed by atoms with Crippen molar-refractivity contribution >= 4 is 5.52 Å². The van der Waals surface area contributed by atoms with Gasteiger partial charge >= 0.3 is 0 Å². The first-order valence-corrected chi connectivity index (χ1v) is 11.5. The lowest BCUT2D eigenvalue weighted by Crippen LogP contribution is -2.23. The quantitative estimate of drug-likeness (QED) is 0.599. The van der Waals surface area contributed by atoms with E-state index in [-0.39, 0.29) is 5.56 Å². The molecule has 6 nitrogen and oxygen atoms in total. The van der Waals surface area contributed by atoms with Gasteiger partial charge in [0.1, 0.15) is 17.1 Å². The average Bonchev–Trinajstić information content (AvgIpc) is 3.45. The Balaban J connectivity index is 1.54. The number of methoxy groups -OCH3 is 1. The molecule has 1 saturated heterocycles. The maximum Gasteiger partial charge on any atom is 0.277 e. The van der Waals surface area contributed by atoms with Crippen LogP contribution in [-0.4, -0.2) is 34.3 Å². The van der Waals surface area contributed by atoms with Gasteiger partial charge in [-0.25, -0.2) is 4.98 Å². The van der Waals surface area contributed by atoms with Gasteiger partial charge in [-0.2, -0.15) is 0 Å². The Kier molecular flexibility index (Phi) is 5.81. The number of fused-ring (bicyclic) bond motifs is 1. The molecule has 0 amide bonds. The predicted molar refractivity (Wildman–Crippen MR) is 120 cm³/mol. The molecule has 6 heteroatoms. The van der Waals surface area contributed by atoms with Gasteiger partial charge in [-0.05, 0) is 42.9 Å². The summed E-state index contributed by atoms with van der Waals surface area (Å²) in [5.41, 5.74) is 2.89. The highest BCUT2D eigenvalue weighted by molar-refractivity contribution is 5.52. The zero-order valence-corrected chi connectivity index (χ0v) is 18.3. The summed E-state index contributed by atoms with van der Waals surface area (Å²) in [7, 11) is 1.66. The summed E-state index contributed by atoms with van der Waals surface area (Å²) < 4.78 is 14.7. The Hall–Kier alpha value is -2.60. The second-order valence-electron chi connectivity index (χ2n) is 8.96. The van der Waals surface area contributed by atoms with Gasteiger partial charge < -0.3 is 14.0 Å². The summed E-state index contributed by atoms with van der Waals surface area (Å²) in [6.07, 6.45) is 11.9. The number of rotatable bonds is 6. The van der Waals surface area contributed by atoms with E-state index in [9.17, 15) is 4.79 Å². The van der Waals surface area contributed by atoms with E-state index in [2.05, 4.69) is 4.40 Å². The number of imidazole rings is 1. The van der Waals surface area contributed by atoms with Crippen molar-refractivity contribution in [2.24, 2.45) is 5.92 Å². The molecule has 0 unspecified atom stereocenters. The second kappa shape index (κ2) is 8.87. The molecule has 0 radical (unpaired) electrons. The highest BCUT2D eigenvalue weighted by Gasteiger charge is 2.26. The number of hydrogen-bond acceptors (Lipinski definition) is 4. The fraction of sp³-hybridized carbons (Fsp3) is 0.520. The number of aromatic nitrogens is 3. The molecule has 0 spiro atoms. The minimum absolute atomic E-state index is 0.0529. The van der Waals surface area contributed by atoms with Crippen LogP contribution in [0.3, 0.4) is 0 Å². The molecule has 1 aromatic carbocycles. The van der Waals surface area contributed by atoms with Crippen molar-refractivity contribution < 1.29 is 9.47 Å². The van der Waals surface area contributed by atoms with Crippen LogP contribution in [0.1, 0.15) is 61.5 Å². The molecule has 1 aliphatic heterocycles. The topological polar surface area (TPSA) is 57.8 Å². The van der Waals surface area contributed by atoms with Crippen molar-refractivity contribution in [1.29, 1.82) is 0 Å². The lowest BCUT2D eigenvalue weighted by atomic mass is 9.99. The number of nitrogens with zero attached hydrogens (tertiary/aromatic N) is 3. The maximum atomic E-state index is 13.6. The Bertz CT molecular complexity index is 1090. The van der Waals surface area contributed by atoms with E-state index < -0.39 is 0 Å². The summed E-state index contributed by atoms with van der Waals surface area (Å²) in [6, 6.07) is 7.90. The van der Waals surface area contributed by atoms with Crippen LogP contribution in [-0.2, 0) is 17.7 Å². The largest absolute Gasteiger partial charge is 0.497 e. The zero-order chi connectivity index (χ0) is 21.2. The Morgan fingerprint density at radius 3 is 2.52 bits per heavy atom. The van der Waals surface area contributed by atoms with Crippen molar-refractivity contribution in [3.05, 3.63) is 64.1 Å². The van der Waals surface area contributed by atoms with E-state index in [0.717, 1.165) is 60.8 Å². The van der Waals surface area contributed by atoms with Gasteiger partial charge in [-0.1, -0.05) is 37.8 Å². The lowest BCUT2D eigenvalue weighted by molar-refractivity contribution is 0.0834. The van der Waals surface area contributed by atoms with Gasteiger partial charge in [0.25, 0.3) is 5.56 Å². The zero-order valence-electron chi connectivity index (χ0n) is 18.3. The van der Waals surface area contributed by atoms with Crippen LogP contribution >= 0.6 is 0 Å². The molecule has 1 saturated carbocycles. The smallest absolute Gasteiger partial charge is 0.277 e. The van der Waals surface area contributed by atoms with Gasteiger partial charge in [0.15, 0.2) is 0 Å². The third kappa shape index (κ3) is 4.13. The summed E-state index contributed by atoms with van der Waals surface area (Å²) in [5, 5.41) is 0. The summed E-state index contributed by atoms with van der Waals surface area (Å²) in [6.45, 7) is 2.08. The predicted octanol–water partition coefficient (Wildman–Crippen LogP) is 4.18. The highest BCUT2D eigenvalue weighted by atomic mass is 16.5. The van der Waals surface area contributed by atoms with Crippen LogP contribution in [0.25, 0.3) is 5.52 Å². The Morgan fingerprint density at radius 2 is 1.81 bits per heavy atom. The van der Waals surface area contributed by atoms with Crippen molar-refractivity contribution in [1.82, 2.24) is 14.0 Å². The first-order valence-electron chi connectivity index (χ1n) is 11.5. The van der Waals surface area contributed by atoms with Gasteiger partial charge in [0.2, 0.25) is 0 Å². The molecule has 1 aliphatic carbocycles. The van der Waals surface area contributed by atoms with Crippen molar-refractivity contribution in [3.63, 3.8) is 0 Å². The van der Waals surface area contributed by atoms with Gasteiger partial charge in [0, 0.05) is 31.5 Å². The Labute approximate surface area is 182 Å². The molecule has 3 heterocycles. The van der Waals surface area contributed by atoms with E-state index in [0.29, 0.717) is 18.4 Å². The van der Waals surface area contributed by atoms with E-state index in [1.807, 2.05) is 41.2 Å². The van der Waals surface area contributed by atoms with E-state index in [4.69, 9.17) is 14.5 Å². The standard InChI is InChI=1S/C25H31N3O3/c1-30-21-8-6-19(7-9-21)17-27-12-13-28-23(25(27)29)22(16-18-4-2-3-5-18)26-24(28)20-10-14-31-15-11-20/h6-9,12-13,18,20H,2-5,10-11,14-17H2,1H3. The molecule has 2 fully saturated rings. The first-order chi connectivity index (χ1) is 15.2. The minimum atomic E-state index is 0.0529. The van der Waals surface area contributed by atoms with Crippen molar-refractivity contribution in [2.75, 3.05) is 20.3 Å². The first kappa shape index (κ1) is 20.3. The van der Waals surface area contributed by atoms with E-state index in [1.165, 1.54) is 25.7 Å². The molecule has 2 aromatic heterocycles. The molecule has 0 bridgehead atoms. The molecule has 3 aromatic rings. The molecule has 0 atom stereocenters. The molecule has 164 valence electrons. The summed E-state index contributed by atoms with van der Waals surface area (Å²) in [5.74, 6) is 2.87. The van der Waals surface area contributed by atoms with Crippen LogP contribution in [0.4, 0.5) is 0 Å². The molecule has 5 rings (SSSR count). The van der Waals surface area contributed by atoms with Crippen LogP contribution < -0.4 is 10.3 Å². The van der Waals surface area contributed by atoms with Gasteiger partial charge in [-0.15, -0.1) is 0 Å². The normalized spacial score (nSPS) is 18.1. The van der Waals surface area contributed by atoms with Crippen LogP contribution in [0, 0.1) is 5.92 Å².